The summed E-state index contributed by atoms with van der Waals surface area (Å²) in [5.41, 5.74) is 1.64. The van der Waals surface area contributed by atoms with Gasteiger partial charge in [0.25, 0.3) is 0 Å². The Labute approximate surface area is 203 Å². The average molecular weight is 476 g/mol. The Bertz CT molecular complexity index is 1260. The Morgan fingerprint density at radius 3 is 2.18 bits per heavy atom. The second-order valence-corrected chi connectivity index (χ2v) is 9.77. The highest BCUT2D eigenvalue weighted by atomic mass is 35.5. The highest BCUT2D eigenvalue weighted by Crippen LogP contribution is 2.45. The summed E-state index contributed by atoms with van der Waals surface area (Å²) in [5, 5.41) is 19.3. The van der Waals surface area contributed by atoms with Crippen molar-refractivity contribution in [3.8, 4) is 12.1 Å². The molecule has 4 rings (SSSR count). The van der Waals surface area contributed by atoms with Crippen LogP contribution in [0.5, 0.6) is 0 Å². The van der Waals surface area contributed by atoms with Crippen LogP contribution in [-0.2, 0) is 0 Å². The van der Waals surface area contributed by atoms with Crippen LogP contribution in [0.15, 0.2) is 66.7 Å². The zero-order chi connectivity index (χ0) is 24.5. The Morgan fingerprint density at radius 2 is 1.56 bits per heavy atom. The van der Waals surface area contributed by atoms with Crippen LogP contribution in [0.2, 0.25) is 5.02 Å². The fourth-order valence-electron chi connectivity index (χ4n) is 5.09. The van der Waals surface area contributed by atoms with E-state index in [2.05, 4.69) is 11.0 Å². The quantitative estimate of drug-likeness (QED) is 0.395. The van der Waals surface area contributed by atoms with Crippen LogP contribution in [-0.4, -0.2) is 23.7 Å². The normalized spacial score (nSPS) is 16.2. The largest absolute Gasteiger partial charge is 0.292 e. The number of nitriles is 2. The third kappa shape index (κ3) is 4.97. The highest BCUT2D eigenvalue weighted by Gasteiger charge is 2.45. The predicted molar refractivity (Wildman–Crippen MR) is 129 cm³/mol. The molecule has 3 aromatic rings. The van der Waals surface area contributed by atoms with Gasteiger partial charge in [0.1, 0.15) is 11.5 Å². The summed E-state index contributed by atoms with van der Waals surface area (Å²) < 4.78 is 29.6. The van der Waals surface area contributed by atoms with E-state index in [1.165, 1.54) is 19.9 Å². The molecule has 0 bridgehead atoms. The molecule has 0 aromatic heterocycles. The standard InChI is InChI=1S/C28H24ClF2N3/c1-28(2,31)26(22-11-19(15-33)12-25(30)13-22)23-16-34(17-23)27(20-6-8-24(29)9-7-20)21-5-3-4-18(10-21)14-32/h3-13,23,26-27H,16-17H2,1-2H3/t26-,27?/m1/s1. The van der Waals surface area contributed by atoms with Gasteiger partial charge in [-0.2, -0.15) is 10.5 Å². The molecule has 1 aliphatic heterocycles. The summed E-state index contributed by atoms with van der Waals surface area (Å²) in [6.07, 6.45) is 0. The maximum absolute atomic E-state index is 15.4. The molecule has 3 nitrogen and oxygen atoms in total. The van der Waals surface area contributed by atoms with Crippen molar-refractivity contribution in [1.29, 1.82) is 10.5 Å². The predicted octanol–water partition coefficient (Wildman–Crippen LogP) is 6.78. The summed E-state index contributed by atoms with van der Waals surface area (Å²) in [4.78, 5) is 2.23. The van der Waals surface area contributed by atoms with Gasteiger partial charge in [0.15, 0.2) is 0 Å². The van der Waals surface area contributed by atoms with Crippen molar-refractivity contribution < 1.29 is 8.78 Å². The zero-order valence-electron chi connectivity index (χ0n) is 19.0. The molecule has 0 spiro atoms. The molecule has 3 aromatic carbocycles. The summed E-state index contributed by atoms with van der Waals surface area (Å²) >= 11 is 6.11. The number of hydrogen-bond donors (Lipinski definition) is 0. The van der Waals surface area contributed by atoms with Gasteiger partial charge in [-0.15, -0.1) is 0 Å². The summed E-state index contributed by atoms with van der Waals surface area (Å²) in [5.74, 6) is -1.17. The minimum atomic E-state index is -1.60. The Morgan fingerprint density at radius 1 is 0.912 bits per heavy atom. The SMILES string of the molecule is CC(C)(F)[C@H](c1cc(F)cc(C#N)c1)C1CN(C(c2ccc(Cl)cc2)c2cccc(C#N)c2)C1. The minimum absolute atomic E-state index is 0.0673. The molecule has 1 aliphatic rings. The van der Waals surface area contributed by atoms with Crippen molar-refractivity contribution in [2.45, 2.75) is 31.5 Å². The average Bonchev–Trinajstić information content (AvgIpc) is 2.77. The van der Waals surface area contributed by atoms with E-state index in [0.717, 1.165) is 17.2 Å². The maximum atomic E-state index is 15.4. The van der Waals surface area contributed by atoms with Crippen molar-refractivity contribution in [2.75, 3.05) is 13.1 Å². The van der Waals surface area contributed by atoms with Crippen LogP contribution < -0.4 is 0 Å². The number of benzene rings is 3. The van der Waals surface area contributed by atoms with Gasteiger partial charge in [-0.1, -0.05) is 35.9 Å². The van der Waals surface area contributed by atoms with Crippen molar-refractivity contribution in [3.63, 3.8) is 0 Å². The second-order valence-electron chi connectivity index (χ2n) is 9.33. The van der Waals surface area contributed by atoms with Crippen LogP contribution >= 0.6 is 11.6 Å². The molecule has 6 heteroatoms. The van der Waals surface area contributed by atoms with Gasteiger partial charge in [0, 0.05) is 24.0 Å². The molecule has 0 N–H and O–H groups in total. The lowest BCUT2D eigenvalue weighted by atomic mass is 9.72. The number of rotatable bonds is 6. The molecule has 1 heterocycles. The minimum Gasteiger partial charge on any atom is -0.292 e. The van der Waals surface area contributed by atoms with Crippen LogP contribution in [0.3, 0.4) is 0 Å². The van der Waals surface area contributed by atoms with E-state index in [4.69, 9.17) is 11.6 Å². The Kier molecular flexibility index (Phi) is 6.71. The van der Waals surface area contributed by atoms with E-state index in [-0.39, 0.29) is 17.5 Å². The number of hydrogen-bond acceptors (Lipinski definition) is 3. The lowest BCUT2D eigenvalue weighted by molar-refractivity contribution is 0.00812. The van der Waals surface area contributed by atoms with Crippen LogP contribution in [0, 0.1) is 34.4 Å². The molecule has 0 radical (unpaired) electrons. The molecule has 34 heavy (non-hydrogen) atoms. The van der Waals surface area contributed by atoms with Crippen molar-refractivity contribution >= 4 is 11.6 Å². The van der Waals surface area contributed by atoms with Gasteiger partial charge in [-0.25, -0.2) is 8.78 Å². The lowest BCUT2D eigenvalue weighted by Gasteiger charge is -2.50. The van der Waals surface area contributed by atoms with Gasteiger partial charge < -0.3 is 0 Å². The van der Waals surface area contributed by atoms with Crippen molar-refractivity contribution in [2.24, 2.45) is 5.92 Å². The molecule has 0 aliphatic carbocycles. The van der Waals surface area contributed by atoms with E-state index in [1.54, 1.807) is 12.1 Å². The van der Waals surface area contributed by atoms with Crippen molar-refractivity contribution in [1.82, 2.24) is 4.90 Å². The zero-order valence-corrected chi connectivity index (χ0v) is 19.7. The fourth-order valence-corrected chi connectivity index (χ4v) is 5.22. The summed E-state index contributed by atoms with van der Waals surface area (Å²) in [6, 6.07) is 23.2. The molecule has 1 unspecified atom stereocenters. The van der Waals surface area contributed by atoms with Crippen LogP contribution in [0.25, 0.3) is 0 Å². The fraction of sp³-hybridized carbons (Fsp3) is 0.286. The number of likely N-dealkylation sites (tertiary alicyclic amines) is 1. The van der Waals surface area contributed by atoms with E-state index in [0.29, 0.717) is 29.2 Å². The maximum Gasteiger partial charge on any atom is 0.124 e. The molecule has 0 amide bonds. The first-order chi connectivity index (χ1) is 16.2. The number of alkyl halides is 1. The molecule has 2 atom stereocenters. The van der Waals surface area contributed by atoms with Gasteiger partial charge in [-0.3, -0.25) is 4.90 Å². The molecular formula is C28H24ClF2N3. The second kappa shape index (κ2) is 9.55. The first-order valence-corrected chi connectivity index (χ1v) is 11.5. The smallest absolute Gasteiger partial charge is 0.124 e. The summed E-state index contributed by atoms with van der Waals surface area (Å²) in [6.45, 7) is 4.18. The number of halogens is 3. The highest BCUT2D eigenvalue weighted by molar-refractivity contribution is 6.30. The van der Waals surface area contributed by atoms with Crippen molar-refractivity contribution in [3.05, 3.63) is 105 Å². The van der Waals surface area contributed by atoms with E-state index in [9.17, 15) is 14.9 Å². The van der Waals surface area contributed by atoms with Gasteiger partial charge in [0.2, 0.25) is 0 Å². The monoisotopic (exact) mass is 475 g/mol. The first-order valence-electron chi connectivity index (χ1n) is 11.1. The Balaban J connectivity index is 1.66. The Hall–Kier alpha value is -3.25. The van der Waals surface area contributed by atoms with Crippen LogP contribution in [0.1, 0.15) is 53.6 Å². The van der Waals surface area contributed by atoms with Gasteiger partial charge in [-0.05, 0) is 78.9 Å². The third-order valence-electron chi connectivity index (χ3n) is 6.44. The molecule has 172 valence electrons. The van der Waals surface area contributed by atoms with Crippen LogP contribution in [0.4, 0.5) is 8.78 Å². The van der Waals surface area contributed by atoms with E-state index in [1.807, 2.05) is 48.5 Å². The van der Waals surface area contributed by atoms with Gasteiger partial charge in [0.05, 0.1) is 29.3 Å². The van der Waals surface area contributed by atoms with Gasteiger partial charge >= 0.3 is 0 Å². The molecule has 0 saturated carbocycles. The molecule has 1 fully saturated rings. The van der Waals surface area contributed by atoms with E-state index >= 15 is 4.39 Å². The topological polar surface area (TPSA) is 50.8 Å². The first kappa shape index (κ1) is 23.9. The lowest BCUT2D eigenvalue weighted by Crippen LogP contribution is -2.53. The number of nitrogens with zero attached hydrogens (tertiary/aromatic N) is 3. The third-order valence-corrected chi connectivity index (χ3v) is 6.69. The summed E-state index contributed by atoms with van der Waals surface area (Å²) in [7, 11) is 0. The molecular weight excluding hydrogens is 452 g/mol. The van der Waals surface area contributed by atoms with E-state index < -0.39 is 17.4 Å². The molecule has 1 saturated heterocycles.